The zero-order valence-corrected chi connectivity index (χ0v) is 12.3. The molecule has 0 aromatic carbocycles. The third-order valence-corrected chi connectivity index (χ3v) is 3.74. The van der Waals surface area contributed by atoms with Crippen LogP contribution in [0.4, 0.5) is 0 Å². The Morgan fingerprint density at radius 1 is 1.43 bits per heavy atom. The van der Waals surface area contributed by atoms with Crippen molar-refractivity contribution in [2.45, 2.75) is 19.8 Å². The minimum absolute atomic E-state index is 0.0893. The Bertz CT molecular complexity index is 487. The number of amides is 1. The van der Waals surface area contributed by atoms with E-state index in [0.717, 1.165) is 0 Å². The summed E-state index contributed by atoms with van der Waals surface area (Å²) in [5, 5.41) is 0. The van der Waals surface area contributed by atoms with E-state index in [1.807, 2.05) is 0 Å². The fraction of sp³-hybridized carbons (Fsp3) is 0.667. The van der Waals surface area contributed by atoms with E-state index in [2.05, 4.69) is 16.9 Å². The van der Waals surface area contributed by atoms with Gasteiger partial charge in [-0.05, 0) is 24.7 Å². The maximum atomic E-state index is 12.4. The van der Waals surface area contributed by atoms with Gasteiger partial charge in [0.15, 0.2) is 0 Å². The minimum atomic E-state index is -0.0893. The molecule has 0 spiro atoms. The van der Waals surface area contributed by atoms with Gasteiger partial charge in [-0.2, -0.15) is 0 Å². The highest BCUT2D eigenvalue weighted by molar-refractivity contribution is 5.92. The van der Waals surface area contributed by atoms with Gasteiger partial charge in [0.2, 0.25) is 5.88 Å². The lowest BCUT2D eigenvalue weighted by atomic mass is 10.2. The van der Waals surface area contributed by atoms with Crippen LogP contribution in [0.15, 0.2) is 12.4 Å². The maximum absolute atomic E-state index is 12.4. The third-order valence-electron chi connectivity index (χ3n) is 3.74. The molecule has 2 aliphatic rings. The van der Waals surface area contributed by atoms with Gasteiger partial charge in [0, 0.05) is 13.1 Å². The van der Waals surface area contributed by atoms with E-state index >= 15 is 0 Å². The molecule has 1 aliphatic heterocycles. The minimum Gasteiger partial charge on any atom is -0.476 e. The second-order valence-electron chi connectivity index (χ2n) is 5.93. The molecule has 1 saturated carbocycles. The number of hydrogen-bond donors (Lipinski definition) is 0. The van der Waals surface area contributed by atoms with Gasteiger partial charge in [0.05, 0.1) is 32.2 Å². The van der Waals surface area contributed by atoms with Crippen molar-refractivity contribution in [1.29, 1.82) is 0 Å². The number of rotatable bonds is 4. The molecule has 0 bridgehead atoms. The molecule has 21 heavy (non-hydrogen) atoms. The molecule has 0 N–H and O–H groups in total. The fourth-order valence-corrected chi connectivity index (χ4v) is 2.31. The molecule has 0 radical (unpaired) electrons. The van der Waals surface area contributed by atoms with Crippen molar-refractivity contribution >= 4 is 5.91 Å². The average Bonchev–Trinajstić information content (AvgIpc) is 3.32. The second-order valence-corrected chi connectivity index (χ2v) is 5.93. The molecule has 114 valence electrons. The van der Waals surface area contributed by atoms with Crippen molar-refractivity contribution in [3.05, 3.63) is 18.1 Å². The summed E-state index contributed by atoms with van der Waals surface area (Å²) in [5.74, 6) is 1.41. The van der Waals surface area contributed by atoms with Crippen molar-refractivity contribution in [3.63, 3.8) is 0 Å². The summed E-state index contributed by atoms with van der Waals surface area (Å²) in [6, 6.07) is 0. The second kappa shape index (κ2) is 6.39. The average molecular weight is 291 g/mol. The zero-order chi connectivity index (χ0) is 14.7. The van der Waals surface area contributed by atoms with Crippen LogP contribution in [-0.2, 0) is 4.74 Å². The van der Waals surface area contributed by atoms with Crippen LogP contribution in [0.25, 0.3) is 0 Å². The third kappa shape index (κ3) is 3.91. The number of nitrogens with zero attached hydrogens (tertiary/aromatic N) is 3. The fourth-order valence-electron chi connectivity index (χ4n) is 2.31. The van der Waals surface area contributed by atoms with E-state index < -0.39 is 0 Å². The predicted octanol–water partition coefficient (Wildman–Crippen LogP) is 1.37. The highest BCUT2D eigenvalue weighted by atomic mass is 16.5. The van der Waals surface area contributed by atoms with Gasteiger partial charge in [-0.1, -0.05) is 6.92 Å². The lowest BCUT2D eigenvalue weighted by molar-refractivity contribution is 0.0731. The van der Waals surface area contributed by atoms with Gasteiger partial charge in [-0.15, -0.1) is 0 Å². The number of carbonyl (C=O) groups is 1. The van der Waals surface area contributed by atoms with Crippen LogP contribution in [0.5, 0.6) is 5.88 Å². The van der Waals surface area contributed by atoms with E-state index in [1.54, 1.807) is 4.90 Å². The van der Waals surface area contributed by atoms with Crippen LogP contribution in [-0.4, -0.2) is 53.7 Å². The summed E-state index contributed by atoms with van der Waals surface area (Å²) >= 11 is 0. The Balaban J connectivity index is 1.60. The van der Waals surface area contributed by atoms with Gasteiger partial charge in [0.25, 0.3) is 5.91 Å². The van der Waals surface area contributed by atoms with Crippen molar-refractivity contribution < 1.29 is 14.3 Å². The highest BCUT2D eigenvalue weighted by Crippen LogP contribution is 2.29. The Kier molecular flexibility index (Phi) is 4.34. The van der Waals surface area contributed by atoms with Gasteiger partial charge in [0.1, 0.15) is 5.69 Å². The summed E-state index contributed by atoms with van der Waals surface area (Å²) in [5.41, 5.74) is 0.364. The molecular weight excluding hydrogens is 270 g/mol. The zero-order valence-electron chi connectivity index (χ0n) is 12.3. The molecule has 6 heteroatoms. The van der Waals surface area contributed by atoms with Crippen LogP contribution >= 0.6 is 0 Å². The Morgan fingerprint density at radius 3 is 3.00 bits per heavy atom. The summed E-state index contributed by atoms with van der Waals surface area (Å²) in [4.78, 5) is 22.6. The van der Waals surface area contributed by atoms with Crippen LogP contribution in [0.1, 0.15) is 30.3 Å². The van der Waals surface area contributed by atoms with E-state index in [0.29, 0.717) is 56.3 Å². The first-order valence-electron chi connectivity index (χ1n) is 7.54. The smallest absolute Gasteiger partial charge is 0.274 e. The molecule has 2 heterocycles. The molecule has 1 amide bonds. The van der Waals surface area contributed by atoms with E-state index in [1.165, 1.54) is 25.2 Å². The lowest BCUT2D eigenvalue weighted by Gasteiger charge is -2.21. The molecule has 1 saturated heterocycles. The van der Waals surface area contributed by atoms with Crippen LogP contribution in [0.2, 0.25) is 0 Å². The number of aromatic nitrogens is 2. The monoisotopic (exact) mass is 291 g/mol. The number of ether oxygens (including phenoxy) is 2. The molecular formula is C15H21N3O3. The van der Waals surface area contributed by atoms with Gasteiger partial charge >= 0.3 is 0 Å². The van der Waals surface area contributed by atoms with Gasteiger partial charge in [-0.3, -0.25) is 4.79 Å². The lowest BCUT2D eigenvalue weighted by Crippen LogP contribution is -2.35. The van der Waals surface area contributed by atoms with Crippen LogP contribution in [0, 0.1) is 11.8 Å². The number of hydrogen-bond acceptors (Lipinski definition) is 5. The Labute approximate surface area is 124 Å². The predicted molar refractivity (Wildman–Crippen MR) is 76.1 cm³/mol. The van der Waals surface area contributed by atoms with Crippen molar-refractivity contribution in [2.75, 3.05) is 32.9 Å². The first-order valence-corrected chi connectivity index (χ1v) is 7.54. The first kappa shape index (κ1) is 14.3. The van der Waals surface area contributed by atoms with Crippen LogP contribution in [0.3, 0.4) is 0 Å². The molecule has 1 aromatic heterocycles. The standard InChI is InChI=1S/C15H21N3O3/c1-11-8-18(4-5-20-9-11)15(19)13-6-17-14(7-16-13)21-10-12-2-3-12/h6-7,11-12H,2-5,8-10H2,1H3. The van der Waals surface area contributed by atoms with Crippen molar-refractivity contribution in [2.24, 2.45) is 11.8 Å². The summed E-state index contributed by atoms with van der Waals surface area (Å²) in [7, 11) is 0. The summed E-state index contributed by atoms with van der Waals surface area (Å²) < 4.78 is 11.0. The molecule has 1 aliphatic carbocycles. The Morgan fingerprint density at radius 2 is 2.29 bits per heavy atom. The molecule has 1 unspecified atom stereocenters. The molecule has 3 rings (SSSR count). The topological polar surface area (TPSA) is 64.5 Å². The first-order chi connectivity index (χ1) is 10.2. The summed E-state index contributed by atoms with van der Waals surface area (Å²) in [6.07, 6.45) is 5.51. The Hall–Kier alpha value is -1.69. The largest absolute Gasteiger partial charge is 0.476 e. The quantitative estimate of drug-likeness (QED) is 0.838. The molecule has 1 aromatic rings. The van der Waals surface area contributed by atoms with Crippen molar-refractivity contribution in [1.82, 2.24) is 14.9 Å². The molecule has 2 fully saturated rings. The van der Waals surface area contributed by atoms with E-state index in [4.69, 9.17) is 9.47 Å². The molecule has 1 atom stereocenters. The normalized spacial score (nSPS) is 22.7. The van der Waals surface area contributed by atoms with Crippen LogP contribution < -0.4 is 4.74 Å². The van der Waals surface area contributed by atoms with Gasteiger partial charge < -0.3 is 14.4 Å². The van der Waals surface area contributed by atoms with E-state index in [9.17, 15) is 4.79 Å². The maximum Gasteiger partial charge on any atom is 0.274 e. The summed E-state index contributed by atoms with van der Waals surface area (Å²) in [6.45, 7) is 5.34. The van der Waals surface area contributed by atoms with Gasteiger partial charge in [-0.25, -0.2) is 9.97 Å². The number of carbonyl (C=O) groups excluding carboxylic acids is 1. The SMILES string of the molecule is CC1COCCN(C(=O)c2cnc(OCC3CC3)cn2)C1. The van der Waals surface area contributed by atoms with Crippen molar-refractivity contribution in [3.8, 4) is 5.88 Å². The molecule has 6 nitrogen and oxygen atoms in total. The van der Waals surface area contributed by atoms with E-state index in [-0.39, 0.29) is 5.91 Å². The highest BCUT2D eigenvalue weighted by Gasteiger charge is 2.23.